The van der Waals surface area contributed by atoms with Crippen LogP contribution in [-0.2, 0) is 6.18 Å². The smallest absolute Gasteiger partial charge is 0.385 e. The lowest BCUT2D eigenvalue weighted by Gasteiger charge is -2.15. The molecule has 0 bridgehead atoms. The number of halogens is 3. The highest BCUT2D eigenvalue weighted by molar-refractivity contribution is 5.52. The fraction of sp³-hybridized carbons (Fsp3) is 0.538. The molecule has 100 valence electrons. The number of nitrogens with one attached hydrogen (secondary N) is 2. The van der Waals surface area contributed by atoms with Crippen molar-refractivity contribution in [3.05, 3.63) is 29.3 Å². The van der Waals surface area contributed by atoms with Crippen LogP contribution in [0.25, 0.3) is 0 Å². The van der Waals surface area contributed by atoms with Gasteiger partial charge in [0, 0.05) is 12.2 Å². The van der Waals surface area contributed by atoms with Gasteiger partial charge in [-0.15, -0.1) is 0 Å². The lowest BCUT2D eigenvalue weighted by atomic mass is 10.1. The van der Waals surface area contributed by atoms with Gasteiger partial charge in [0.2, 0.25) is 0 Å². The summed E-state index contributed by atoms with van der Waals surface area (Å²) < 4.78 is 37.5. The first-order valence-corrected chi connectivity index (χ1v) is 6.09. The third-order valence-electron chi connectivity index (χ3n) is 3.30. The van der Waals surface area contributed by atoms with Gasteiger partial charge in [-0.25, -0.2) is 0 Å². The van der Waals surface area contributed by atoms with E-state index in [1.807, 2.05) is 0 Å². The Balaban J connectivity index is 2.01. The summed E-state index contributed by atoms with van der Waals surface area (Å²) in [6.45, 7) is 4.51. The average Bonchev–Trinajstić information content (AvgIpc) is 2.79. The maximum Gasteiger partial charge on any atom is 0.416 e. The van der Waals surface area contributed by atoms with Gasteiger partial charge in [0.05, 0.1) is 5.56 Å². The van der Waals surface area contributed by atoms with Gasteiger partial charge in [-0.3, -0.25) is 0 Å². The van der Waals surface area contributed by atoms with E-state index in [9.17, 15) is 13.2 Å². The molecular formula is C13H17F3N2. The fourth-order valence-electron chi connectivity index (χ4n) is 2.18. The van der Waals surface area contributed by atoms with Crippen LogP contribution in [0, 0.1) is 12.8 Å². The molecule has 18 heavy (non-hydrogen) atoms. The van der Waals surface area contributed by atoms with E-state index in [4.69, 9.17) is 0 Å². The highest BCUT2D eigenvalue weighted by Gasteiger charge is 2.30. The molecule has 1 aromatic carbocycles. The zero-order valence-electron chi connectivity index (χ0n) is 10.3. The van der Waals surface area contributed by atoms with Gasteiger partial charge in [-0.2, -0.15) is 13.2 Å². The quantitative estimate of drug-likeness (QED) is 0.870. The number of aryl methyl sites for hydroxylation is 1. The summed E-state index contributed by atoms with van der Waals surface area (Å²) in [6.07, 6.45) is -3.15. The molecule has 2 rings (SSSR count). The van der Waals surface area contributed by atoms with Crippen molar-refractivity contribution >= 4 is 5.69 Å². The largest absolute Gasteiger partial charge is 0.416 e. The molecule has 0 aromatic heterocycles. The summed E-state index contributed by atoms with van der Waals surface area (Å²) >= 11 is 0. The molecule has 1 aliphatic rings. The Labute approximate surface area is 105 Å². The summed E-state index contributed by atoms with van der Waals surface area (Å²) in [7, 11) is 0. The fourth-order valence-corrected chi connectivity index (χ4v) is 2.18. The van der Waals surface area contributed by atoms with Crippen LogP contribution in [-0.4, -0.2) is 19.6 Å². The SMILES string of the molecule is Cc1cc(C(F)(F)F)ccc1NCC1CCNC1. The first-order chi connectivity index (χ1) is 8.47. The van der Waals surface area contributed by atoms with Gasteiger partial charge < -0.3 is 10.6 Å². The van der Waals surface area contributed by atoms with Crippen molar-refractivity contribution in [2.75, 3.05) is 25.0 Å². The normalized spacial score (nSPS) is 20.1. The van der Waals surface area contributed by atoms with E-state index >= 15 is 0 Å². The Morgan fingerprint density at radius 2 is 2.17 bits per heavy atom. The van der Waals surface area contributed by atoms with Crippen molar-refractivity contribution in [2.24, 2.45) is 5.92 Å². The van der Waals surface area contributed by atoms with E-state index in [-0.39, 0.29) is 0 Å². The lowest BCUT2D eigenvalue weighted by Crippen LogP contribution is -2.17. The van der Waals surface area contributed by atoms with Crippen LogP contribution < -0.4 is 10.6 Å². The zero-order chi connectivity index (χ0) is 13.2. The van der Waals surface area contributed by atoms with Crippen molar-refractivity contribution in [3.8, 4) is 0 Å². The molecule has 5 heteroatoms. The Hall–Kier alpha value is -1.23. The number of rotatable bonds is 3. The third kappa shape index (κ3) is 3.16. The van der Waals surface area contributed by atoms with Crippen LogP contribution in [0.1, 0.15) is 17.5 Å². The predicted octanol–water partition coefficient (Wildman–Crippen LogP) is 3.04. The van der Waals surface area contributed by atoms with E-state index in [0.29, 0.717) is 11.5 Å². The summed E-state index contributed by atoms with van der Waals surface area (Å²) in [4.78, 5) is 0. The minimum atomic E-state index is -4.27. The second-order valence-corrected chi connectivity index (χ2v) is 4.77. The van der Waals surface area contributed by atoms with E-state index in [1.165, 1.54) is 12.1 Å². The minimum Gasteiger partial charge on any atom is -0.385 e. The first-order valence-electron chi connectivity index (χ1n) is 6.09. The molecule has 1 atom stereocenters. The first kappa shape index (κ1) is 13.2. The Morgan fingerprint density at radius 1 is 1.39 bits per heavy atom. The molecule has 0 amide bonds. The number of alkyl halides is 3. The van der Waals surface area contributed by atoms with E-state index in [1.54, 1.807) is 6.92 Å². The van der Waals surface area contributed by atoms with Crippen LogP contribution in [0.15, 0.2) is 18.2 Å². The van der Waals surface area contributed by atoms with Crippen molar-refractivity contribution in [2.45, 2.75) is 19.5 Å². The molecule has 1 heterocycles. The van der Waals surface area contributed by atoms with E-state index in [2.05, 4.69) is 10.6 Å². The van der Waals surface area contributed by atoms with Crippen LogP contribution in [0.4, 0.5) is 18.9 Å². The Kier molecular flexibility index (Phi) is 3.80. The molecule has 1 fully saturated rings. The van der Waals surface area contributed by atoms with Gasteiger partial charge in [0.25, 0.3) is 0 Å². The Morgan fingerprint density at radius 3 is 2.72 bits per heavy atom. The van der Waals surface area contributed by atoms with Crippen LogP contribution in [0.2, 0.25) is 0 Å². The molecule has 0 spiro atoms. The standard InChI is InChI=1S/C13H17F3N2/c1-9-6-11(13(14,15)16)2-3-12(9)18-8-10-4-5-17-7-10/h2-3,6,10,17-18H,4-5,7-8H2,1H3. The topological polar surface area (TPSA) is 24.1 Å². The molecule has 1 unspecified atom stereocenters. The number of hydrogen-bond acceptors (Lipinski definition) is 2. The molecule has 1 aromatic rings. The second kappa shape index (κ2) is 5.18. The van der Waals surface area contributed by atoms with Gasteiger partial charge in [-0.1, -0.05) is 0 Å². The van der Waals surface area contributed by atoms with E-state index in [0.717, 1.165) is 37.8 Å². The molecule has 0 radical (unpaired) electrons. The van der Waals surface area contributed by atoms with Crippen LogP contribution in [0.5, 0.6) is 0 Å². The third-order valence-corrected chi connectivity index (χ3v) is 3.30. The zero-order valence-corrected chi connectivity index (χ0v) is 10.3. The molecular weight excluding hydrogens is 241 g/mol. The summed E-state index contributed by atoms with van der Waals surface area (Å²) in [6, 6.07) is 3.83. The van der Waals surface area contributed by atoms with Gasteiger partial charge in [0.1, 0.15) is 0 Å². The van der Waals surface area contributed by atoms with Crippen LogP contribution in [0.3, 0.4) is 0 Å². The van der Waals surface area contributed by atoms with Crippen molar-refractivity contribution in [1.29, 1.82) is 0 Å². The molecule has 2 nitrogen and oxygen atoms in total. The maximum atomic E-state index is 12.5. The maximum absolute atomic E-state index is 12.5. The van der Waals surface area contributed by atoms with Gasteiger partial charge in [0.15, 0.2) is 0 Å². The highest BCUT2D eigenvalue weighted by atomic mass is 19.4. The van der Waals surface area contributed by atoms with Gasteiger partial charge >= 0.3 is 6.18 Å². The Bertz CT molecular complexity index is 409. The molecule has 2 N–H and O–H groups in total. The molecule has 1 saturated heterocycles. The molecule has 0 saturated carbocycles. The van der Waals surface area contributed by atoms with Gasteiger partial charge in [-0.05, 0) is 56.1 Å². The number of anilines is 1. The summed E-state index contributed by atoms with van der Waals surface area (Å²) in [5.41, 5.74) is 0.832. The summed E-state index contributed by atoms with van der Waals surface area (Å²) in [5.74, 6) is 0.562. The number of benzene rings is 1. The van der Waals surface area contributed by atoms with E-state index < -0.39 is 11.7 Å². The molecule has 1 aliphatic heterocycles. The monoisotopic (exact) mass is 258 g/mol. The average molecular weight is 258 g/mol. The van der Waals surface area contributed by atoms with Crippen molar-refractivity contribution in [3.63, 3.8) is 0 Å². The summed E-state index contributed by atoms with van der Waals surface area (Å²) in [5, 5.41) is 6.49. The predicted molar refractivity (Wildman–Crippen MR) is 65.6 cm³/mol. The van der Waals surface area contributed by atoms with Crippen LogP contribution >= 0.6 is 0 Å². The minimum absolute atomic E-state index is 0.562. The lowest BCUT2D eigenvalue weighted by molar-refractivity contribution is -0.137. The van der Waals surface area contributed by atoms with Crippen molar-refractivity contribution < 1.29 is 13.2 Å². The van der Waals surface area contributed by atoms with Crippen molar-refractivity contribution in [1.82, 2.24) is 5.32 Å². The molecule has 0 aliphatic carbocycles. The highest BCUT2D eigenvalue weighted by Crippen LogP contribution is 2.31. The second-order valence-electron chi connectivity index (χ2n) is 4.77. The number of hydrogen-bond donors (Lipinski definition) is 2.